The fraction of sp³-hybridized carbons (Fsp3) is 0.0667. The van der Waals surface area contributed by atoms with Crippen LogP contribution in [0.2, 0.25) is 0 Å². The minimum Gasteiger partial charge on any atom is -0.129 e. The SMILES string of the molecule is CSc1[c]c2cc3ccccc3cc2cc1. The van der Waals surface area contributed by atoms with Gasteiger partial charge in [-0.2, -0.15) is 0 Å². The second kappa shape index (κ2) is 3.84. The zero-order valence-electron chi connectivity index (χ0n) is 9.03. The van der Waals surface area contributed by atoms with E-state index in [0.29, 0.717) is 0 Å². The third kappa shape index (κ3) is 1.57. The lowest BCUT2D eigenvalue weighted by Gasteiger charge is -2.03. The molecule has 16 heavy (non-hydrogen) atoms. The van der Waals surface area contributed by atoms with Gasteiger partial charge in [-0.3, -0.25) is 0 Å². The topological polar surface area (TPSA) is 0 Å². The van der Waals surface area contributed by atoms with E-state index in [1.165, 1.54) is 26.4 Å². The predicted octanol–water partition coefficient (Wildman–Crippen LogP) is 4.52. The molecule has 3 rings (SSSR count). The zero-order valence-corrected chi connectivity index (χ0v) is 9.84. The summed E-state index contributed by atoms with van der Waals surface area (Å²) in [6.07, 6.45) is 2.08. The van der Waals surface area contributed by atoms with Crippen molar-refractivity contribution in [3.05, 3.63) is 54.6 Å². The molecule has 1 radical (unpaired) electrons. The second-order valence-corrected chi connectivity index (χ2v) is 4.66. The quantitative estimate of drug-likeness (QED) is 0.432. The first-order chi connectivity index (χ1) is 7.86. The van der Waals surface area contributed by atoms with E-state index in [1.54, 1.807) is 11.8 Å². The number of benzene rings is 3. The highest BCUT2D eigenvalue weighted by atomic mass is 32.2. The van der Waals surface area contributed by atoms with Crippen LogP contribution < -0.4 is 0 Å². The van der Waals surface area contributed by atoms with E-state index < -0.39 is 0 Å². The molecule has 3 aromatic carbocycles. The number of rotatable bonds is 1. The van der Waals surface area contributed by atoms with Crippen LogP contribution in [-0.4, -0.2) is 6.26 Å². The van der Waals surface area contributed by atoms with Crippen molar-refractivity contribution in [2.75, 3.05) is 6.26 Å². The van der Waals surface area contributed by atoms with Gasteiger partial charge < -0.3 is 0 Å². The highest BCUT2D eigenvalue weighted by Gasteiger charge is 1.99. The van der Waals surface area contributed by atoms with E-state index in [0.717, 1.165) is 0 Å². The van der Waals surface area contributed by atoms with Gasteiger partial charge in [-0.1, -0.05) is 30.3 Å². The van der Waals surface area contributed by atoms with Gasteiger partial charge in [0, 0.05) is 11.0 Å². The number of hydrogen-bond donors (Lipinski definition) is 0. The molecule has 0 unspecified atom stereocenters. The van der Waals surface area contributed by atoms with Crippen LogP contribution in [0.15, 0.2) is 53.4 Å². The summed E-state index contributed by atoms with van der Waals surface area (Å²) in [5.74, 6) is 0. The molecule has 0 aliphatic carbocycles. The van der Waals surface area contributed by atoms with Gasteiger partial charge in [0.2, 0.25) is 0 Å². The third-order valence-electron chi connectivity index (χ3n) is 2.81. The summed E-state index contributed by atoms with van der Waals surface area (Å²) < 4.78 is 0. The molecule has 1 heteroatoms. The van der Waals surface area contributed by atoms with Crippen LogP contribution in [0.3, 0.4) is 0 Å². The van der Waals surface area contributed by atoms with Crippen molar-refractivity contribution in [2.24, 2.45) is 0 Å². The van der Waals surface area contributed by atoms with Crippen LogP contribution in [0.4, 0.5) is 0 Å². The van der Waals surface area contributed by atoms with Crippen molar-refractivity contribution in [1.82, 2.24) is 0 Å². The molecule has 0 saturated carbocycles. The Morgan fingerprint density at radius 3 is 2.38 bits per heavy atom. The fourth-order valence-corrected chi connectivity index (χ4v) is 2.38. The molecular formula is C15H11S. The molecule has 3 aromatic rings. The molecule has 0 fully saturated rings. The molecule has 0 spiro atoms. The lowest BCUT2D eigenvalue weighted by atomic mass is 10.0. The van der Waals surface area contributed by atoms with Crippen LogP contribution in [0.25, 0.3) is 21.5 Å². The molecule has 0 N–H and O–H groups in total. The van der Waals surface area contributed by atoms with Gasteiger partial charge in [-0.25, -0.2) is 0 Å². The van der Waals surface area contributed by atoms with Crippen LogP contribution in [0.1, 0.15) is 0 Å². The number of hydrogen-bond acceptors (Lipinski definition) is 1. The normalized spacial score (nSPS) is 11.1. The average molecular weight is 223 g/mol. The molecule has 0 atom stereocenters. The van der Waals surface area contributed by atoms with E-state index >= 15 is 0 Å². The van der Waals surface area contributed by atoms with Crippen molar-refractivity contribution >= 4 is 33.3 Å². The van der Waals surface area contributed by atoms with E-state index in [4.69, 9.17) is 0 Å². The summed E-state index contributed by atoms with van der Waals surface area (Å²) in [5, 5.41) is 5.03. The molecule has 0 aliphatic heterocycles. The standard InChI is InChI=1S/C15H11S/c1-16-15-7-6-13-8-11-4-2-3-5-12(11)9-14(13)10-15/h2-9H,1H3. The van der Waals surface area contributed by atoms with Crippen molar-refractivity contribution in [3.8, 4) is 0 Å². The summed E-state index contributed by atoms with van der Waals surface area (Å²) >= 11 is 1.73. The van der Waals surface area contributed by atoms with Gasteiger partial charge in [0.15, 0.2) is 0 Å². The van der Waals surface area contributed by atoms with E-state index in [9.17, 15) is 0 Å². The Kier molecular flexibility index (Phi) is 2.33. The van der Waals surface area contributed by atoms with E-state index in [-0.39, 0.29) is 0 Å². The molecule has 0 amide bonds. The van der Waals surface area contributed by atoms with Gasteiger partial charge in [-0.15, -0.1) is 11.8 Å². The van der Waals surface area contributed by atoms with Crippen LogP contribution >= 0.6 is 11.8 Å². The molecule has 0 aliphatic rings. The summed E-state index contributed by atoms with van der Waals surface area (Å²) in [5.41, 5.74) is 0. The first-order valence-electron chi connectivity index (χ1n) is 5.26. The van der Waals surface area contributed by atoms with E-state index in [1.807, 2.05) is 0 Å². The first-order valence-corrected chi connectivity index (χ1v) is 6.48. The van der Waals surface area contributed by atoms with Crippen LogP contribution in [0, 0.1) is 6.07 Å². The molecule has 0 aromatic heterocycles. The van der Waals surface area contributed by atoms with Crippen molar-refractivity contribution < 1.29 is 0 Å². The lowest BCUT2D eigenvalue weighted by molar-refractivity contribution is 1.50. The summed E-state index contributed by atoms with van der Waals surface area (Å²) in [6.45, 7) is 0. The second-order valence-electron chi connectivity index (χ2n) is 3.81. The molecule has 0 nitrogen and oxygen atoms in total. The Morgan fingerprint density at radius 1 is 0.875 bits per heavy atom. The first kappa shape index (κ1) is 9.73. The largest absolute Gasteiger partial charge is 0.129 e. The van der Waals surface area contributed by atoms with Crippen molar-refractivity contribution in [3.63, 3.8) is 0 Å². The van der Waals surface area contributed by atoms with Gasteiger partial charge >= 0.3 is 0 Å². The minimum atomic E-state index is 1.20. The Bertz CT molecular complexity index is 656. The van der Waals surface area contributed by atoms with Gasteiger partial charge in [-0.05, 0) is 46.0 Å². The number of fused-ring (bicyclic) bond motifs is 2. The van der Waals surface area contributed by atoms with Gasteiger partial charge in [0.05, 0.1) is 0 Å². The maximum Gasteiger partial charge on any atom is 0.0155 e. The third-order valence-corrected chi connectivity index (χ3v) is 3.49. The Hall–Kier alpha value is -1.47. The number of thioether (sulfide) groups is 1. The lowest BCUT2D eigenvalue weighted by Crippen LogP contribution is -1.77. The molecule has 77 valence electrons. The Balaban J connectivity index is 2.37. The van der Waals surface area contributed by atoms with Crippen molar-refractivity contribution in [1.29, 1.82) is 0 Å². The zero-order chi connectivity index (χ0) is 11.0. The van der Waals surface area contributed by atoms with Crippen LogP contribution in [0.5, 0.6) is 0 Å². The fourth-order valence-electron chi connectivity index (χ4n) is 1.96. The molecule has 0 heterocycles. The summed E-state index contributed by atoms with van der Waals surface area (Å²) in [7, 11) is 0. The van der Waals surface area contributed by atoms with Gasteiger partial charge in [0.1, 0.15) is 0 Å². The highest BCUT2D eigenvalue weighted by molar-refractivity contribution is 7.98. The maximum absolute atomic E-state index is 3.43. The molecule has 0 bridgehead atoms. The summed E-state index contributed by atoms with van der Waals surface area (Å²) in [4.78, 5) is 1.20. The average Bonchev–Trinajstić information content (AvgIpc) is 2.35. The van der Waals surface area contributed by atoms with Gasteiger partial charge in [0.25, 0.3) is 0 Å². The van der Waals surface area contributed by atoms with Crippen molar-refractivity contribution in [2.45, 2.75) is 4.90 Å². The summed E-state index contributed by atoms with van der Waals surface area (Å²) in [6, 6.07) is 20.6. The Labute approximate surface area is 99.3 Å². The van der Waals surface area contributed by atoms with Crippen LogP contribution in [-0.2, 0) is 0 Å². The molecular weight excluding hydrogens is 212 g/mol. The Morgan fingerprint density at radius 2 is 1.62 bits per heavy atom. The highest BCUT2D eigenvalue weighted by Crippen LogP contribution is 2.25. The smallest absolute Gasteiger partial charge is 0.0155 e. The monoisotopic (exact) mass is 223 g/mol. The minimum absolute atomic E-state index is 1.20. The predicted molar refractivity (Wildman–Crippen MR) is 72.1 cm³/mol. The van der Waals surface area contributed by atoms with E-state index in [2.05, 4.69) is 60.9 Å². The molecule has 0 saturated heterocycles. The maximum atomic E-state index is 3.43.